The third-order valence-electron chi connectivity index (χ3n) is 5.97. The number of alkyl halides is 5. The largest absolute Gasteiger partial charge is 0.410 e. The average molecular weight is 454 g/mol. The Hall–Kier alpha value is -3.05. The highest BCUT2D eigenvalue weighted by Crippen LogP contribution is 2.42. The molecule has 1 amide bonds. The van der Waals surface area contributed by atoms with Gasteiger partial charge in [-0.2, -0.15) is 23.4 Å². The number of carbonyl (C=O) groups excluding carboxylic acids is 1. The van der Waals surface area contributed by atoms with Gasteiger partial charge in [-0.25, -0.2) is 23.1 Å². The fourth-order valence-corrected chi connectivity index (χ4v) is 4.30. The van der Waals surface area contributed by atoms with Crippen LogP contribution in [0.1, 0.15) is 54.6 Å². The lowest BCUT2D eigenvalue weighted by atomic mass is 10.1. The van der Waals surface area contributed by atoms with Gasteiger partial charge in [-0.15, -0.1) is 0 Å². The van der Waals surface area contributed by atoms with Gasteiger partial charge in [0, 0.05) is 29.8 Å². The van der Waals surface area contributed by atoms with Crippen molar-refractivity contribution in [3.05, 3.63) is 35.3 Å². The summed E-state index contributed by atoms with van der Waals surface area (Å²) in [5, 5.41) is 8.22. The number of nitrogens with zero attached hydrogens (tertiary/aromatic N) is 6. The van der Waals surface area contributed by atoms with E-state index in [4.69, 9.17) is 0 Å². The fourth-order valence-electron chi connectivity index (χ4n) is 4.30. The lowest BCUT2D eigenvalue weighted by Gasteiger charge is -2.33. The van der Waals surface area contributed by atoms with Crippen LogP contribution < -0.4 is 4.90 Å². The van der Waals surface area contributed by atoms with Crippen molar-refractivity contribution in [3.8, 4) is 0 Å². The highest BCUT2D eigenvalue weighted by molar-refractivity contribution is 5.93. The number of pyridine rings is 1. The average Bonchev–Trinajstić information content (AvgIpc) is 3.38. The van der Waals surface area contributed by atoms with Gasteiger partial charge in [0.25, 0.3) is 6.43 Å². The smallest absolute Gasteiger partial charge is 0.295 e. The van der Waals surface area contributed by atoms with E-state index in [0.717, 1.165) is 17.5 Å². The van der Waals surface area contributed by atoms with Crippen LogP contribution in [-0.4, -0.2) is 43.2 Å². The summed E-state index contributed by atoms with van der Waals surface area (Å²) < 4.78 is 69.5. The lowest BCUT2D eigenvalue weighted by Crippen LogP contribution is -2.44. The van der Waals surface area contributed by atoms with Crippen LogP contribution in [0.2, 0.25) is 0 Å². The SMILES string of the molecule is Cc1nn(CC(=O)N2CCC(C(F)(F)F)n3nccc32)c2nc(C3CC3)cc(C(F)F)c12. The normalized spacial score (nSPS) is 19.1. The molecule has 0 N–H and O–H groups in total. The van der Waals surface area contributed by atoms with Gasteiger partial charge < -0.3 is 0 Å². The molecule has 0 spiro atoms. The van der Waals surface area contributed by atoms with Gasteiger partial charge in [0.1, 0.15) is 12.4 Å². The maximum atomic E-state index is 13.7. The number of rotatable bonds is 4. The van der Waals surface area contributed by atoms with Crippen LogP contribution in [0.5, 0.6) is 0 Å². The number of hydrogen-bond acceptors (Lipinski definition) is 4. The van der Waals surface area contributed by atoms with Crippen molar-refractivity contribution in [1.82, 2.24) is 24.5 Å². The second-order valence-corrected chi connectivity index (χ2v) is 8.18. The second-order valence-electron chi connectivity index (χ2n) is 8.18. The predicted molar refractivity (Wildman–Crippen MR) is 103 cm³/mol. The maximum Gasteiger partial charge on any atom is 0.410 e. The molecule has 5 rings (SSSR count). The highest BCUT2D eigenvalue weighted by atomic mass is 19.4. The Balaban J connectivity index is 1.49. The Morgan fingerprint density at radius 2 is 2.00 bits per heavy atom. The molecule has 3 aromatic rings. The second kappa shape index (κ2) is 7.24. The number of fused-ring (bicyclic) bond motifs is 2. The van der Waals surface area contributed by atoms with E-state index in [0.29, 0.717) is 11.4 Å². The Labute approximate surface area is 178 Å². The molecule has 1 fully saturated rings. The van der Waals surface area contributed by atoms with Gasteiger partial charge in [0.15, 0.2) is 11.7 Å². The van der Waals surface area contributed by atoms with E-state index in [9.17, 15) is 26.7 Å². The molecule has 1 aliphatic carbocycles. The molecule has 4 heterocycles. The summed E-state index contributed by atoms with van der Waals surface area (Å²) >= 11 is 0. The molecule has 7 nitrogen and oxygen atoms in total. The molecule has 1 unspecified atom stereocenters. The molecule has 1 saturated carbocycles. The van der Waals surface area contributed by atoms with Crippen molar-refractivity contribution >= 4 is 22.8 Å². The molecule has 32 heavy (non-hydrogen) atoms. The number of amides is 1. The molecular weight excluding hydrogens is 435 g/mol. The summed E-state index contributed by atoms with van der Waals surface area (Å²) in [7, 11) is 0. The molecule has 170 valence electrons. The van der Waals surface area contributed by atoms with E-state index in [1.54, 1.807) is 6.92 Å². The number of anilines is 1. The highest BCUT2D eigenvalue weighted by Gasteiger charge is 2.45. The van der Waals surface area contributed by atoms with Crippen molar-refractivity contribution in [1.29, 1.82) is 0 Å². The molecule has 0 radical (unpaired) electrons. The van der Waals surface area contributed by atoms with E-state index in [2.05, 4.69) is 15.2 Å². The zero-order valence-electron chi connectivity index (χ0n) is 17.0. The molecule has 3 aromatic heterocycles. The molecule has 12 heteroatoms. The summed E-state index contributed by atoms with van der Waals surface area (Å²) in [6.07, 6.45) is -4.59. The van der Waals surface area contributed by atoms with Gasteiger partial charge in [0.2, 0.25) is 5.91 Å². The van der Waals surface area contributed by atoms with E-state index in [1.807, 2.05) is 0 Å². The van der Waals surface area contributed by atoms with E-state index < -0.39 is 24.6 Å². The fraction of sp³-hybridized carbons (Fsp3) is 0.500. The predicted octanol–water partition coefficient (Wildman–Crippen LogP) is 4.29. The zero-order chi connectivity index (χ0) is 22.8. The Morgan fingerprint density at radius 1 is 1.25 bits per heavy atom. The minimum atomic E-state index is -4.49. The third-order valence-corrected chi connectivity index (χ3v) is 5.97. The third kappa shape index (κ3) is 3.41. The van der Waals surface area contributed by atoms with Crippen molar-refractivity contribution in [3.63, 3.8) is 0 Å². The molecule has 1 atom stereocenters. The van der Waals surface area contributed by atoms with Gasteiger partial charge >= 0.3 is 6.18 Å². The molecular formula is C20H19F5N6O. The Morgan fingerprint density at radius 3 is 2.66 bits per heavy atom. The quantitative estimate of drug-likeness (QED) is 0.552. The topological polar surface area (TPSA) is 68.8 Å². The number of carbonyl (C=O) groups is 1. The molecule has 0 aromatic carbocycles. The van der Waals surface area contributed by atoms with Crippen LogP contribution in [0.15, 0.2) is 18.3 Å². The summed E-state index contributed by atoms with van der Waals surface area (Å²) in [6, 6.07) is 0.952. The van der Waals surface area contributed by atoms with E-state index in [1.165, 1.54) is 27.9 Å². The lowest BCUT2D eigenvalue weighted by molar-refractivity contribution is -0.173. The van der Waals surface area contributed by atoms with Crippen LogP contribution in [-0.2, 0) is 11.3 Å². The summed E-state index contributed by atoms with van der Waals surface area (Å²) in [5.41, 5.74) is 0.885. The van der Waals surface area contributed by atoms with Crippen molar-refractivity contribution in [2.24, 2.45) is 0 Å². The first kappa shape index (κ1) is 20.8. The van der Waals surface area contributed by atoms with Gasteiger partial charge in [0.05, 0.1) is 17.3 Å². The zero-order valence-corrected chi connectivity index (χ0v) is 17.0. The number of hydrogen-bond donors (Lipinski definition) is 0. The van der Waals surface area contributed by atoms with Crippen molar-refractivity contribution < 1.29 is 26.7 Å². The number of aryl methyl sites for hydroxylation is 1. The summed E-state index contributed by atoms with van der Waals surface area (Å²) in [5.74, 6) is -0.363. The van der Waals surface area contributed by atoms with Gasteiger partial charge in [-0.3, -0.25) is 9.69 Å². The van der Waals surface area contributed by atoms with Crippen LogP contribution >= 0.6 is 0 Å². The number of aromatic nitrogens is 5. The Kier molecular flexibility index (Phi) is 4.71. The van der Waals surface area contributed by atoms with Crippen molar-refractivity contribution in [2.45, 2.75) is 57.3 Å². The van der Waals surface area contributed by atoms with Crippen LogP contribution in [0.3, 0.4) is 0 Å². The van der Waals surface area contributed by atoms with E-state index >= 15 is 0 Å². The van der Waals surface area contributed by atoms with Gasteiger partial charge in [-0.1, -0.05) is 0 Å². The van der Waals surface area contributed by atoms with Gasteiger partial charge in [-0.05, 0) is 32.3 Å². The standard InChI is InChI=1S/C20H19F5N6O/c1-10-17-12(18(21)22)8-13(11-2-3-11)27-19(17)30(28-10)9-16(32)29-7-5-14(20(23,24)25)31-15(29)4-6-26-31/h4,6,8,11,14,18H,2-3,5,7,9H2,1H3. The Bertz CT molecular complexity index is 1200. The first-order valence-corrected chi connectivity index (χ1v) is 10.2. The van der Waals surface area contributed by atoms with Crippen LogP contribution in [0, 0.1) is 6.92 Å². The summed E-state index contributed by atoms with van der Waals surface area (Å²) in [6.45, 7) is 1.09. The monoisotopic (exact) mass is 454 g/mol. The maximum absolute atomic E-state index is 13.7. The molecule has 0 bridgehead atoms. The summed E-state index contributed by atoms with van der Waals surface area (Å²) in [4.78, 5) is 18.8. The van der Waals surface area contributed by atoms with Crippen LogP contribution in [0.4, 0.5) is 27.8 Å². The number of halogens is 5. The molecule has 1 aliphatic heterocycles. The first-order valence-electron chi connectivity index (χ1n) is 10.2. The minimum Gasteiger partial charge on any atom is -0.295 e. The van der Waals surface area contributed by atoms with E-state index in [-0.39, 0.29) is 47.8 Å². The van der Waals surface area contributed by atoms with Crippen LogP contribution in [0.25, 0.3) is 11.0 Å². The first-order chi connectivity index (χ1) is 15.1. The molecule has 2 aliphatic rings. The minimum absolute atomic E-state index is 0.0386. The molecule has 0 saturated heterocycles. The van der Waals surface area contributed by atoms with Crippen molar-refractivity contribution in [2.75, 3.05) is 11.4 Å².